The zero-order valence-corrected chi connectivity index (χ0v) is 11.7. The Morgan fingerprint density at radius 2 is 1.94 bits per heavy atom. The van der Waals surface area contributed by atoms with Crippen molar-refractivity contribution in [3.63, 3.8) is 0 Å². The van der Waals surface area contributed by atoms with Crippen LogP contribution in [0.4, 0.5) is 0 Å². The van der Waals surface area contributed by atoms with E-state index in [1.807, 2.05) is 11.6 Å². The Morgan fingerprint density at radius 3 is 2.47 bits per heavy atom. The summed E-state index contributed by atoms with van der Waals surface area (Å²) < 4.78 is 0. The predicted octanol–water partition coefficient (Wildman–Crippen LogP) is 3.48. The minimum atomic E-state index is 0.314. The van der Waals surface area contributed by atoms with Crippen LogP contribution in [0.15, 0.2) is 11.6 Å². The molecule has 0 amide bonds. The summed E-state index contributed by atoms with van der Waals surface area (Å²) >= 11 is 1.73. The Hall–Kier alpha value is -0.410. The highest BCUT2D eigenvalue weighted by molar-refractivity contribution is 7.09. The minimum absolute atomic E-state index is 0.314. The van der Waals surface area contributed by atoms with E-state index in [-0.39, 0.29) is 0 Å². The molecule has 3 heteroatoms. The first-order chi connectivity index (χ1) is 8.16. The fourth-order valence-electron chi connectivity index (χ4n) is 2.96. The molecule has 0 bridgehead atoms. The van der Waals surface area contributed by atoms with Crippen molar-refractivity contribution >= 4 is 11.3 Å². The van der Waals surface area contributed by atoms with Crippen LogP contribution in [0.1, 0.15) is 44.5 Å². The summed E-state index contributed by atoms with van der Waals surface area (Å²) in [5.74, 6) is 2.48. The molecule has 0 aromatic carbocycles. The maximum Gasteiger partial charge on any atom is 0.0940 e. The van der Waals surface area contributed by atoms with E-state index >= 15 is 0 Å². The molecule has 0 radical (unpaired) electrons. The van der Waals surface area contributed by atoms with Gasteiger partial charge in [-0.15, -0.1) is 11.3 Å². The van der Waals surface area contributed by atoms with Crippen molar-refractivity contribution in [2.24, 2.45) is 23.5 Å². The smallest absolute Gasteiger partial charge is 0.0940 e. The summed E-state index contributed by atoms with van der Waals surface area (Å²) in [4.78, 5) is 4.33. The average Bonchev–Trinajstić information content (AvgIpc) is 2.82. The van der Waals surface area contributed by atoms with E-state index in [2.05, 4.69) is 18.8 Å². The quantitative estimate of drug-likeness (QED) is 0.891. The van der Waals surface area contributed by atoms with Gasteiger partial charge in [0.1, 0.15) is 0 Å². The van der Waals surface area contributed by atoms with E-state index in [4.69, 9.17) is 5.73 Å². The second kappa shape index (κ2) is 5.96. The van der Waals surface area contributed by atoms with Crippen molar-refractivity contribution < 1.29 is 0 Å². The molecule has 0 saturated heterocycles. The molecule has 2 N–H and O–H groups in total. The molecule has 0 spiro atoms. The van der Waals surface area contributed by atoms with Gasteiger partial charge in [-0.25, -0.2) is 4.98 Å². The van der Waals surface area contributed by atoms with Crippen molar-refractivity contribution in [2.75, 3.05) is 0 Å². The number of thiazole rings is 1. The summed E-state index contributed by atoms with van der Waals surface area (Å²) in [5, 5.41) is 3.24. The molecule has 17 heavy (non-hydrogen) atoms. The summed E-state index contributed by atoms with van der Waals surface area (Å²) in [7, 11) is 0. The SMILES string of the molecule is CC(C)C1CCC(C(N)Cc2nccs2)CC1. The number of hydrogen-bond donors (Lipinski definition) is 1. The van der Waals surface area contributed by atoms with Crippen LogP contribution < -0.4 is 5.73 Å². The van der Waals surface area contributed by atoms with Gasteiger partial charge in [0.05, 0.1) is 5.01 Å². The third kappa shape index (κ3) is 3.52. The van der Waals surface area contributed by atoms with Crippen molar-refractivity contribution in [1.82, 2.24) is 4.98 Å². The molecule has 1 fully saturated rings. The molecular weight excluding hydrogens is 228 g/mol. The topological polar surface area (TPSA) is 38.9 Å². The molecule has 1 saturated carbocycles. The average molecular weight is 252 g/mol. The standard InChI is InChI=1S/C14H24N2S/c1-10(2)11-3-5-12(6-4-11)13(15)9-14-16-7-8-17-14/h7-8,10-13H,3-6,9,15H2,1-2H3. The van der Waals surface area contributed by atoms with Crippen LogP contribution in [-0.4, -0.2) is 11.0 Å². The molecular formula is C14H24N2S. The van der Waals surface area contributed by atoms with Gasteiger partial charge in [0.15, 0.2) is 0 Å². The lowest BCUT2D eigenvalue weighted by molar-refractivity contribution is 0.202. The lowest BCUT2D eigenvalue weighted by atomic mass is 9.74. The molecule has 1 unspecified atom stereocenters. The summed E-state index contributed by atoms with van der Waals surface area (Å²) in [5.41, 5.74) is 6.33. The third-order valence-electron chi connectivity index (χ3n) is 4.26. The number of nitrogens with zero attached hydrogens (tertiary/aromatic N) is 1. The summed E-state index contributed by atoms with van der Waals surface area (Å²) in [6.07, 6.45) is 8.21. The highest BCUT2D eigenvalue weighted by atomic mass is 32.1. The lowest BCUT2D eigenvalue weighted by Crippen LogP contribution is -2.35. The molecule has 1 aliphatic rings. The zero-order chi connectivity index (χ0) is 12.3. The highest BCUT2D eigenvalue weighted by Gasteiger charge is 2.27. The Morgan fingerprint density at radius 1 is 1.29 bits per heavy atom. The monoisotopic (exact) mass is 252 g/mol. The van der Waals surface area contributed by atoms with Gasteiger partial charge in [0.2, 0.25) is 0 Å². The van der Waals surface area contributed by atoms with Crippen LogP contribution >= 0.6 is 11.3 Å². The van der Waals surface area contributed by atoms with E-state index in [1.165, 1.54) is 30.7 Å². The molecule has 2 rings (SSSR count). The van der Waals surface area contributed by atoms with Crippen LogP contribution in [0.3, 0.4) is 0 Å². The normalized spacial score (nSPS) is 27.3. The maximum absolute atomic E-state index is 6.33. The molecule has 1 aromatic rings. The van der Waals surface area contributed by atoms with E-state index in [0.717, 1.165) is 18.3 Å². The van der Waals surface area contributed by atoms with Gasteiger partial charge >= 0.3 is 0 Å². The molecule has 1 heterocycles. The first-order valence-electron chi connectivity index (χ1n) is 6.80. The number of aromatic nitrogens is 1. The van der Waals surface area contributed by atoms with Gasteiger partial charge in [0, 0.05) is 24.0 Å². The predicted molar refractivity (Wildman–Crippen MR) is 74.1 cm³/mol. The fourth-order valence-corrected chi connectivity index (χ4v) is 3.65. The molecule has 1 aliphatic carbocycles. The fraction of sp³-hybridized carbons (Fsp3) is 0.786. The summed E-state index contributed by atoms with van der Waals surface area (Å²) in [6, 6.07) is 0.314. The van der Waals surface area contributed by atoms with Gasteiger partial charge in [0.25, 0.3) is 0 Å². The van der Waals surface area contributed by atoms with Crippen LogP contribution in [0.2, 0.25) is 0 Å². The first-order valence-corrected chi connectivity index (χ1v) is 7.68. The van der Waals surface area contributed by atoms with E-state index in [0.29, 0.717) is 12.0 Å². The lowest BCUT2D eigenvalue weighted by Gasteiger charge is -2.33. The second-order valence-electron chi connectivity index (χ2n) is 5.71. The Balaban J connectivity index is 1.80. The highest BCUT2D eigenvalue weighted by Crippen LogP contribution is 2.34. The molecule has 0 aliphatic heterocycles. The van der Waals surface area contributed by atoms with Crippen molar-refractivity contribution in [2.45, 2.75) is 52.0 Å². The van der Waals surface area contributed by atoms with Crippen molar-refractivity contribution in [3.05, 3.63) is 16.6 Å². The molecule has 1 atom stereocenters. The van der Waals surface area contributed by atoms with E-state index in [1.54, 1.807) is 11.3 Å². The van der Waals surface area contributed by atoms with Crippen molar-refractivity contribution in [1.29, 1.82) is 0 Å². The van der Waals surface area contributed by atoms with Gasteiger partial charge in [-0.1, -0.05) is 13.8 Å². The largest absolute Gasteiger partial charge is 0.327 e. The van der Waals surface area contributed by atoms with Gasteiger partial charge < -0.3 is 5.73 Å². The van der Waals surface area contributed by atoms with Crippen LogP contribution in [0.25, 0.3) is 0 Å². The van der Waals surface area contributed by atoms with Crippen LogP contribution in [-0.2, 0) is 6.42 Å². The number of nitrogens with two attached hydrogens (primary N) is 1. The Kier molecular flexibility index (Phi) is 4.57. The van der Waals surface area contributed by atoms with E-state index in [9.17, 15) is 0 Å². The zero-order valence-electron chi connectivity index (χ0n) is 10.9. The Labute approximate surface area is 109 Å². The first kappa shape index (κ1) is 13.0. The summed E-state index contributed by atoms with van der Waals surface area (Å²) in [6.45, 7) is 4.70. The van der Waals surface area contributed by atoms with Crippen LogP contribution in [0.5, 0.6) is 0 Å². The van der Waals surface area contributed by atoms with E-state index < -0.39 is 0 Å². The molecule has 1 aromatic heterocycles. The molecule has 2 nitrogen and oxygen atoms in total. The Bertz CT molecular complexity index is 313. The minimum Gasteiger partial charge on any atom is -0.327 e. The third-order valence-corrected chi connectivity index (χ3v) is 5.06. The maximum atomic E-state index is 6.33. The van der Waals surface area contributed by atoms with Crippen LogP contribution in [0, 0.1) is 17.8 Å². The van der Waals surface area contributed by atoms with Crippen molar-refractivity contribution in [3.8, 4) is 0 Å². The van der Waals surface area contributed by atoms with Gasteiger partial charge in [-0.2, -0.15) is 0 Å². The van der Waals surface area contributed by atoms with Gasteiger partial charge in [-0.3, -0.25) is 0 Å². The molecule has 96 valence electrons. The second-order valence-corrected chi connectivity index (χ2v) is 6.69. The van der Waals surface area contributed by atoms with Gasteiger partial charge in [-0.05, 0) is 43.4 Å². The number of hydrogen-bond acceptors (Lipinski definition) is 3. The number of rotatable bonds is 4.